The first-order valence-electron chi connectivity index (χ1n) is 6.02. The number of nitrogens with one attached hydrogen (secondary N) is 1. The number of aromatic nitrogens is 1. The van der Waals surface area contributed by atoms with Gasteiger partial charge in [0.05, 0.1) is 5.52 Å². The van der Waals surface area contributed by atoms with Crippen LogP contribution in [0.5, 0.6) is 0 Å². The number of rotatable bonds is 6. The molecule has 0 spiro atoms. The van der Waals surface area contributed by atoms with Crippen LogP contribution in [-0.2, 0) is 11.3 Å². The van der Waals surface area contributed by atoms with Crippen LogP contribution in [0.2, 0.25) is 0 Å². The summed E-state index contributed by atoms with van der Waals surface area (Å²) in [6, 6.07) is 10.1. The number of benzene rings is 1. The molecule has 0 aliphatic rings. The zero-order valence-electron chi connectivity index (χ0n) is 10.1. The highest BCUT2D eigenvalue weighted by atomic mass is 16.4. The van der Waals surface area contributed by atoms with Crippen molar-refractivity contribution in [2.45, 2.75) is 19.4 Å². The van der Waals surface area contributed by atoms with Crippen LogP contribution < -0.4 is 5.32 Å². The van der Waals surface area contributed by atoms with Crippen molar-refractivity contribution < 1.29 is 9.90 Å². The number of fused-ring (bicyclic) bond motifs is 1. The van der Waals surface area contributed by atoms with E-state index in [-0.39, 0.29) is 6.42 Å². The molecule has 2 N–H and O–H groups in total. The zero-order chi connectivity index (χ0) is 12.8. The van der Waals surface area contributed by atoms with E-state index in [9.17, 15) is 4.79 Å². The van der Waals surface area contributed by atoms with E-state index in [1.54, 1.807) is 6.20 Å². The van der Waals surface area contributed by atoms with E-state index in [1.807, 2.05) is 24.3 Å². The Morgan fingerprint density at radius 3 is 3.06 bits per heavy atom. The van der Waals surface area contributed by atoms with Crippen LogP contribution in [-0.4, -0.2) is 22.6 Å². The number of carboxylic acids is 1. The van der Waals surface area contributed by atoms with E-state index in [2.05, 4.69) is 16.4 Å². The predicted molar refractivity (Wildman–Crippen MR) is 70.3 cm³/mol. The summed E-state index contributed by atoms with van der Waals surface area (Å²) in [5.74, 6) is -0.742. The average molecular weight is 244 g/mol. The number of carboxylic acid groups (broad SMARTS) is 1. The second-order valence-electron chi connectivity index (χ2n) is 4.20. The highest BCUT2D eigenvalue weighted by Gasteiger charge is 1.98. The molecule has 94 valence electrons. The molecule has 0 amide bonds. The molecular weight excluding hydrogens is 228 g/mol. The van der Waals surface area contributed by atoms with Crippen molar-refractivity contribution in [3.05, 3.63) is 42.1 Å². The molecule has 4 nitrogen and oxygen atoms in total. The predicted octanol–water partition coefficient (Wildman–Crippen LogP) is 2.19. The lowest BCUT2D eigenvalue weighted by atomic mass is 10.1. The molecule has 1 aromatic heterocycles. The molecule has 0 atom stereocenters. The van der Waals surface area contributed by atoms with Crippen LogP contribution in [0.4, 0.5) is 0 Å². The molecule has 0 saturated carbocycles. The Balaban J connectivity index is 1.86. The van der Waals surface area contributed by atoms with Crippen LogP contribution in [0.3, 0.4) is 0 Å². The fourth-order valence-corrected chi connectivity index (χ4v) is 1.83. The fourth-order valence-electron chi connectivity index (χ4n) is 1.83. The van der Waals surface area contributed by atoms with Crippen LogP contribution >= 0.6 is 0 Å². The number of nitrogens with zero attached hydrogens (tertiary/aromatic N) is 1. The largest absolute Gasteiger partial charge is 0.481 e. The van der Waals surface area contributed by atoms with Crippen molar-refractivity contribution in [1.29, 1.82) is 0 Å². The molecule has 0 aliphatic carbocycles. The van der Waals surface area contributed by atoms with E-state index in [4.69, 9.17) is 5.11 Å². The molecule has 0 saturated heterocycles. The summed E-state index contributed by atoms with van der Waals surface area (Å²) in [5.41, 5.74) is 2.18. The van der Waals surface area contributed by atoms with Crippen molar-refractivity contribution >= 4 is 16.9 Å². The molecule has 0 fully saturated rings. The Morgan fingerprint density at radius 2 is 2.22 bits per heavy atom. The van der Waals surface area contributed by atoms with Gasteiger partial charge in [0.15, 0.2) is 0 Å². The summed E-state index contributed by atoms with van der Waals surface area (Å²) in [7, 11) is 0. The van der Waals surface area contributed by atoms with E-state index in [1.165, 1.54) is 5.56 Å². The van der Waals surface area contributed by atoms with Crippen LogP contribution in [0.15, 0.2) is 36.5 Å². The molecule has 1 aromatic carbocycles. The second-order valence-corrected chi connectivity index (χ2v) is 4.20. The van der Waals surface area contributed by atoms with Crippen LogP contribution in [0, 0.1) is 0 Å². The molecule has 0 aliphatic heterocycles. The molecule has 4 heteroatoms. The van der Waals surface area contributed by atoms with Gasteiger partial charge in [0, 0.05) is 24.5 Å². The third-order valence-corrected chi connectivity index (χ3v) is 2.74. The molecule has 2 aromatic rings. The van der Waals surface area contributed by atoms with Crippen LogP contribution in [0.25, 0.3) is 10.9 Å². The van der Waals surface area contributed by atoms with Gasteiger partial charge in [-0.05, 0) is 36.7 Å². The SMILES string of the molecule is O=C(O)CCCNCc1ccc2ncccc2c1. The van der Waals surface area contributed by atoms with Crippen molar-refractivity contribution in [3.8, 4) is 0 Å². The molecule has 0 unspecified atom stereocenters. The lowest BCUT2D eigenvalue weighted by molar-refractivity contribution is -0.137. The first-order valence-corrected chi connectivity index (χ1v) is 6.02. The van der Waals surface area contributed by atoms with Gasteiger partial charge in [-0.25, -0.2) is 0 Å². The first kappa shape index (κ1) is 12.5. The Bertz CT molecular complexity index is 540. The van der Waals surface area contributed by atoms with Crippen molar-refractivity contribution in [3.63, 3.8) is 0 Å². The van der Waals surface area contributed by atoms with E-state index >= 15 is 0 Å². The van der Waals surface area contributed by atoms with Gasteiger partial charge in [0.25, 0.3) is 0 Å². The third kappa shape index (κ3) is 3.53. The third-order valence-electron chi connectivity index (χ3n) is 2.74. The van der Waals surface area contributed by atoms with Gasteiger partial charge >= 0.3 is 5.97 Å². The summed E-state index contributed by atoms with van der Waals surface area (Å²) in [4.78, 5) is 14.6. The number of hydrogen-bond donors (Lipinski definition) is 2. The minimum atomic E-state index is -0.742. The lowest BCUT2D eigenvalue weighted by Gasteiger charge is -2.05. The van der Waals surface area contributed by atoms with Crippen molar-refractivity contribution in [1.82, 2.24) is 10.3 Å². The second kappa shape index (κ2) is 6.12. The fraction of sp³-hybridized carbons (Fsp3) is 0.286. The Morgan fingerprint density at radius 1 is 1.33 bits per heavy atom. The Hall–Kier alpha value is -1.94. The molecule has 1 heterocycles. The number of aliphatic carboxylic acids is 1. The smallest absolute Gasteiger partial charge is 0.303 e. The van der Waals surface area contributed by atoms with Crippen molar-refractivity contribution in [2.75, 3.05) is 6.54 Å². The van der Waals surface area contributed by atoms with Crippen LogP contribution in [0.1, 0.15) is 18.4 Å². The highest BCUT2D eigenvalue weighted by Crippen LogP contribution is 2.12. The summed E-state index contributed by atoms with van der Waals surface area (Å²) >= 11 is 0. The van der Waals surface area contributed by atoms with Gasteiger partial charge in [-0.2, -0.15) is 0 Å². The monoisotopic (exact) mass is 244 g/mol. The normalized spacial score (nSPS) is 10.7. The Kier molecular flexibility index (Phi) is 4.25. The van der Waals surface area contributed by atoms with Gasteiger partial charge in [0.1, 0.15) is 0 Å². The Labute approximate surface area is 106 Å². The maximum absolute atomic E-state index is 10.3. The lowest BCUT2D eigenvalue weighted by Crippen LogP contribution is -2.15. The van der Waals surface area contributed by atoms with Crippen molar-refractivity contribution in [2.24, 2.45) is 0 Å². The zero-order valence-corrected chi connectivity index (χ0v) is 10.1. The highest BCUT2D eigenvalue weighted by molar-refractivity contribution is 5.78. The summed E-state index contributed by atoms with van der Waals surface area (Å²) < 4.78 is 0. The standard InChI is InChI=1S/C14H16N2O2/c17-14(18)4-2-7-15-10-11-5-6-13-12(9-11)3-1-8-16-13/h1,3,5-6,8-9,15H,2,4,7,10H2,(H,17,18). The van der Waals surface area contributed by atoms with Gasteiger partial charge in [-0.15, -0.1) is 0 Å². The average Bonchev–Trinajstić information content (AvgIpc) is 2.38. The minimum absolute atomic E-state index is 0.217. The topological polar surface area (TPSA) is 62.2 Å². The van der Waals surface area contributed by atoms with Gasteiger partial charge in [0.2, 0.25) is 0 Å². The molecule has 18 heavy (non-hydrogen) atoms. The van der Waals surface area contributed by atoms with Gasteiger partial charge in [-0.1, -0.05) is 12.1 Å². The first-order chi connectivity index (χ1) is 8.75. The number of carbonyl (C=O) groups is 1. The maximum Gasteiger partial charge on any atom is 0.303 e. The van der Waals surface area contributed by atoms with Gasteiger partial charge < -0.3 is 10.4 Å². The summed E-state index contributed by atoms with van der Waals surface area (Å²) in [6.07, 6.45) is 2.66. The summed E-state index contributed by atoms with van der Waals surface area (Å²) in [5, 5.41) is 12.9. The quantitative estimate of drug-likeness (QED) is 0.765. The summed E-state index contributed by atoms with van der Waals surface area (Å²) in [6.45, 7) is 1.47. The van der Waals surface area contributed by atoms with E-state index < -0.39 is 5.97 Å². The molecule has 0 radical (unpaired) electrons. The van der Waals surface area contributed by atoms with E-state index in [0.717, 1.165) is 24.0 Å². The van der Waals surface area contributed by atoms with E-state index in [0.29, 0.717) is 6.42 Å². The molecule has 0 bridgehead atoms. The number of pyridine rings is 1. The number of hydrogen-bond acceptors (Lipinski definition) is 3. The maximum atomic E-state index is 10.3. The minimum Gasteiger partial charge on any atom is -0.481 e. The van der Waals surface area contributed by atoms with Gasteiger partial charge in [-0.3, -0.25) is 9.78 Å². The molecule has 2 rings (SSSR count). The molecular formula is C14H16N2O2.